The summed E-state index contributed by atoms with van der Waals surface area (Å²) < 4.78 is 11.2. The first-order chi connectivity index (χ1) is 11.1. The zero-order valence-electron chi connectivity index (χ0n) is 12.5. The molecule has 2 aromatic rings. The Balaban J connectivity index is 1.86. The third kappa shape index (κ3) is 5.41. The molecule has 23 heavy (non-hydrogen) atoms. The molecule has 1 N–H and O–H groups in total. The van der Waals surface area contributed by atoms with Crippen molar-refractivity contribution < 1.29 is 19.1 Å². The van der Waals surface area contributed by atoms with Crippen molar-refractivity contribution in [1.29, 1.82) is 0 Å². The van der Waals surface area contributed by atoms with Gasteiger partial charge in [-0.3, -0.25) is 4.79 Å². The second-order valence-electron chi connectivity index (χ2n) is 4.59. The van der Waals surface area contributed by atoms with Crippen molar-refractivity contribution in [3.8, 4) is 5.75 Å². The maximum Gasteiger partial charge on any atom is 0.338 e. The lowest BCUT2D eigenvalue weighted by atomic mass is 10.2. The van der Waals surface area contributed by atoms with Crippen LogP contribution in [0.5, 0.6) is 5.75 Å². The molecule has 0 fully saturated rings. The fourth-order valence-electron chi connectivity index (χ4n) is 1.81. The highest BCUT2D eigenvalue weighted by atomic mass is 79.9. The number of hydrogen-bond acceptors (Lipinski definition) is 4. The third-order valence-electron chi connectivity index (χ3n) is 2.85. The van der Waals surface area contributed by atoms with E-state index >= 15 is 0 Å². The van der Waals surface area contributed by atoms with E-state index in [4.69, 9.17) is 9.47 Å². The Morgan fingerprint density at radius 3 is 2.52 bits per heavy atom. The van der Waals surface area contributed by atoms with Gasteiger partial charge in [0.25, 0.3) is 5.91 Å². The van der Waals surface area contributed by atoms with Crippen LogP contribution in [-0.4, -0.2) is 25.1 Å². The number of halogens is 1. The number of esters is 1. The molecule has 2 rings (SSSR count). The van der Waals surface area contributed by atoms with Gasteiger partial charge in [-0.15, -0.1) is 0 Å². The molecule has 0 unspecified atom stereocenters. The molecule has 0 heterocycles. The van der Waals surface area contributed by atoms with E-state index in [2.05, 4.69) is 21.2 Å². The van der Waals surface area contributed by atoms with Crippen LogP contribution in [0.25, 0.3) is 0 Å². The van der Waals surface area contributed by atoms with Crippen LogP contribution in [0.15, 0.2) is 53.0 Å². The number of rotatable bonds is 6. The van der Waals surface area contributed by atoms with Gasteiger partial charge >= 0.3 is 5.97 Å². The lowest BCUT2D eigenvalue weighted by molar-refractivity contribution is -0.118. The van der Waals surface area contributed by atoms with Gasteiger partial charge in [0.2, 0.25) is 0 Å². The first kappa shape index (κ1) is 17.0. The van der Waals surface area contributed by atoms with E-state index in [1.54, 1.807) is 43.3 Å². The molecule has 6 heteroatoms. The molecule has 0 saturated heterocycles. The highest BCUT2D eigenvalue weighted by Gasteiger charge is 2.07. The van der Waals surface area contributed by atoms with Crippen LogP contribution in [0.3, 0.4) is 0 Å². The monoisotopic (exact) mass is 377 g/mol. The van der Waals surface area contributed by atoms with E-state index in [1.165, 1.54) is 0 Å². The lowest BCUT2D eigenvalue weighted by Crippen LogP contribution is -2.20. The van der Waals surface area contributed by atoms with Crippen LogP contribution in [0.4, 0.5) is 5.69 Å². The highest BCUT2D eigenvalue weighted by Crippen LogP contribution is 2.17. The second kappa shape index (κ2) is 8.33. The Hall–Kier alpha value is -2.34. The molecule has 0 bridgehead atoms. The van der Waals surface area contributed by atoms with E-state index in [1.807, 2.05) is 12.1 Å². The van der Waals surface area contributed by atoms with Gasteiger partial charge in [0.1, 0.15) is 5.75 Å². The second-order valence-corrected chi connectivity index (χ2v) is 5.51. The van der Waals surface area contributed by atoms with E-state index in [0.29, 0.717) is 23.6 Å². The van der Waals surface area contributed by atoms with Gasteiger partial charge < -0.3 is 14.8 Å². The molecule has 0 aliphatic carbocycles. The summed E-state index contributed by atoms with van der Waals surface area (Å²) in [5.41, 5.74) is 1.02. The lowest BCUT2D eigenvalue weighted by Gasteiger charge is -2.08. The molecular formula is C17H16BrNO4. The van der Waals surface area contributed by atoms with Crippen molar-refractivity contribution in [2.75, 3.05) is 18.5 Å². The molecule has 1 amide bonds. The van der Waals surface area contributed by atoms with Crippen LogP contribution >= 0.6 is 15.9 Å². The zero-order valence-corrected chi connectivity index (χ0v) is 14.1. The summed E-state index contributed by atoms with van der Waals surface area (Å²) in [5, 5.41) is 2.70. The number of carbonyl (C=O) groups excluding carboxylic acids is 2. The minimum absolute atomic E-state index is 0.101. The van der Waals surface area contributed by atoms with E-state index in [9.17, 15) is 9.59 Å². The van der Waals surface area contributed by atoms with Crippen molar-refractivity contribution in [1.82, 2.24) is 0 Å². The van der Waals surface area contributed by atoms with Gasteiger partial charge in [-0.25, -0.2) is 4.79 Å². The van der Waals surface area contributed by atoms with Crippen LogP contribution in [0.1, 0.15) is 17.3 Å². The fraction of sp³-hybridized carbons (Fsp3) is 0.176. The normalized spacial score (nSPS) is 10.0. The number of hydrogen-bond donors (Lipinski definition) is 1. The van der Waals surface area contributed by atoms with E-state index in [0.717, 1.165) is 4.47 Å². The van der Waals surface area contributed by atoms with Crippen LogP contribution in [0.2, 0.25) is 0 Å². The highest BCUT2D eigenvalue weighted by molar-refractivity contribution is 9.10. The minimum atomic E-state index is -0.386. The Morgan fingerprint density at radius 2 is 1.87 bits per heavy atom. The molecule has 0 spiro atoms. The largest absolute Gasteiger partial charge is 0.484 e. The van der Waals surface area contributed by atoms with Crippen molar-refractivity contribution >= 4 is 33.5 Å². The topological polar surface area (TPSA) is 64.6 Å². The number of benzene rings is 2. The van der Waals surface area contributed by atoms with Crippen LogP contribution in [-0.2, 0) is 9.53 Å². The number of anilines is 1. The van der Waals surface area contributed by atoms with Crippen molar-refractivity contribution in [2.24, 2.45) is 0 Å². The average molecular weight is 378 g/mol. The maximum absolute atomic E-state index is 11.9. The molecule has 120 valence electrons. The molecule has 5 nitrogen and oxygen atoms in total. The van der Waals surface area contributed by atoms with Crippen LogP contribution < -0.4 is 10.1 Å². The van der Waals surface area contributed by atoms with Gasteiger partial charge in [-0.05, 0) is 49.4 Å². The number of ether oxygens (including phenoxy) is 2. The van der Waals surface area contributed by atoms with Crippen molar-refractivity contribution in [3.05, 3.63) is 58.6 Å². The predicted molar refractivity (Wildman–Crippen MR) is 90.7 cm³/mol. The SMILES string of the molecule is CCOC(=O)c1ccc(NC(=O)COc2cccc(Br)c2)cc1. The van der Waals surface area contributed by atoms with E-state index < -0.39 is 0 Å². The first-order valence-corrected chi connectivity index (χ1v) is 7.83. The molecule has 2 aromatic carbocycles. The Morgan fingerprint density at radius 1 is 1.13 bits per heavy atom. The van der Waals surface area contributed by atoms with Crippen LogP contribution in [0, 0.1) is 0 Å². The molecule has 0 aromatic heterocycles. The molecule has 0 radical (unpaired) electrons. The number of amides is 1. The molecule has 0 saturated carbocycles. The Bertz CT molecular complexity index is 685. The van der Waals surface area contributed by atoms with Gasteiger partial charge in [-0.1, -0.05) is 22.0 Å². The van der Waals surface area contributed by atoms with Crippen molar-refractivity contribution in [2.45, 2.75) is 6.92 Å². The third-order valence-corrected chi connectivity index (χ3v) is 3.34. The smallest absolute Gasteiger partial charge is 0.338 e. The Labute approximate surface area is 142 Å². The summed E-state index contributed by atoms with van der Waals surface area (Å²) >= 11 is 3.33. The summed E-state index contributed by atoms with van der Waals surface area (Å²) in [6.45, 7) is 1.97. The molecule has 0 atom stereocenters. The summed E-state index contributed by atoms with van der Waals surface area (Å²) in [4.78, 5) is 23.4. The number of nitrogens with one attached hydrogen (secondary N) is 1. The summed E-state index contributed by atoms with van der Waals surface area (Å²) in [5.74, 6) is -0.0654. The zero-order chi connectivity index (χ0) is 16.7. The molecular weight excluding hydrogens is 362 g/mol. The number of carbonyl (C=O) groups is 2. The summed E-state index contributed by atoms with van der Waals surface area (Å²) in [6, 6.07) is 13.7. The van der Waals surface area contributed by atoms with Gasteiger partial charge in [0.15, 0.2) is 6.61 Å². The van der Waals surface area contributed by atoms with Gasteiger partial charge in [-0.2, -0.15) is 0 Å². The summed E-state index contributed by atoms with van der Waals surface area (Å²) in [6.07, 6.45) is 0. The minimum Gasteiger partial charge on any atom is -0.484 e. The Kier molecular flexibility index (Phi) is 6.17. The first-order valence-electron chi connectivity index (χ1n) is 7.04. The van der Waals surface area contributed by atoms with Gasteiger partial charge in [0, 0.05) is 10.2 Å². The standard InChI is InChI=1S/C17H16BrNO4/c1-2-22-17(21)12-6-8-14(9-7-12)19-16(20)11-23-15-5-3-4-13(18)10-15/h3-10H,2,11H2,1H3,(H,19,20). The molecule has 0 aliphatic heterocycles. The predicted octanol–water partition coefficient (Wildman–Crippen LogP) is 3.64. The van der Waals surface area contributed by atoms with Gasteiger partial charge in [0.05, 0.1) is 12.2 Å². The van der Waals surface area contributed by atoms with E-state index in [-0.39, 0.29) is 18.5 Å². The summed E-state index contributed by atoms with van der Waals surface area (Å²) in [7, 11) is 0. The van der Waals surface area contributed by atoms with Crippen molar-refractivity contribution in [3.63, 3.8) is 0 Å². The molecule has 0 aliphatic rings. The maximum atomic E-state index is 11.9. The fourth-order valence-corrected chi connectivity index (χ4v) is 2.19. The average Bonchev–Trinajstić information content (AvgIpc) is 2.54. The quantitative estimate of drug-likeness (QED) is 0.780.